The van der Waals surface area contributed by atoms with Gasteiger partial charge >= 0.3 is 5.97 Å². The molecular weight excluding hydrogens is 284 g/mol. The second-order valence-electron chi connectivity index (χ2n) is 5.08. The van der Waals surface area contributed by atoms with Gasteiger partial charge in [-0.1, -0.05) is 6.92 Å². The summed E-state index contributed by atoms with van der Waals surface area (Å²) in [5.41, 5.74) is 3.26. The maximum Gasteiger partial charge on any atom is 0.303 e. The summed E-state index contributed by atoms with van der Waals surface area (Å²) < 4.78 is 0. The number of benzene rings is 1. The van der Waals surface area contributed by atoms with Crippen LogP contribution in [0.25, 0.3) is 10.6 Å². The Bertz CT molecular complexity index is 618. The molecule has 1 aromatic carbocycles. The molecule has 0 aliphatic heterocycles. The number of anilines is 1. The Morgan fingerprint density at radius 1 is 1.29 bits per heavy atom. The molecule has 2 rings (SSSR count). The fraction of sp³-hybridized carbons (Fsp3) is 0.375. The van der Waals surface area contributed by atoms with Gasteiger partial charge in [0.2, 0.25) is 0 Å². The standard InChI is InChI=1S/C16H20N2O2S/c1-4-13-14(9-10-15(19)20)21-16(17-13)11-5-7-12(8-6-11)18(2)3/h5-8H,4,9-10H2,1-3H3,(H,19,20). The van der Waals surface area contributed by atoms with E-state index in [0.29, 0.717) is 6.42 Å². The lowest BCUT2D eigenvalue weighted by atomic mass is 10.2. The number of aliphatic carboxylic acids is 1. The summed E-state index contributed by atoms with van der Waals surface area (Å²) in [5.74, 6) is -0.762. The van der Waals surface area contributed by atoms with E-state index in [9.17, 15) is 4.79 Å². The number of rotatable bonds is 6. The first-order valence-corrected chi connectivity index (χ1v) is 7.81. The van der Waals surface area contributed by atoms with Gasteiger partial charge in [-0.25, -0.2) is 4.98 Å². The third-order valence-corrected chi connectivity index (χ3v) is 4.52. The minimum absolute atomic E-state index is 0.161. The normalized spacial score (nSPS) is 10.6. The third kappa shape index (κ3) is 3.82. The van der Waals surface area contributed by atoms with E-state index < -0.39 is 5.97 Å². The molecule has 1 heterocycles. The molecule has 5 heteroatoms. The lowest BCUT2D eigenvalue weighted by molar-refractivity contribution is -0.136. The van der Waals surface area contributed by atoms with Gasteiger partial charge in [0.05, 0.1) is 12.1 Å². The lowest BCUT2D eigenvalue weighted by Gasteiger charge is -2.11. The van der Waals surface area contributed by atoms with E-state index in [1.807, 2.05) is 14.1 Å². The summed E-state index contributed by atoms with van der Waals surface area (Å²) in [6.45, 7) is 2.05. The summed E-state index contributed by atoms with van der Waals surface area (Å²) in [6, 6.07) is 8.27. The van der Waals surface area contributed by atoms with Crippen LogP contribution in [-0.2, 0) is 17.6 Å². The first kappa shape index (κ1) is 15.5. The molecule has 0 aliphatic rings. The highest BCUT2D eigenvalue weighted by Crippen LogP contribution is 2.30. The van der Waals surface area contributed by atoms with Crippen LogP contribution in [0.1, 0.15) is 23.9 Å². The van der Waals surface area contributed by atoms with Gasteiger partial charge in [0.1, 0.15) is 5.01 Å². The van der Waals surface area contributed by atoms with Crippen LogP contribution >= 0.6 is 11.3 Å². The Kier molecular flexibility index (Phi) is 4.96. The highest BCUT2D eigenvalue weighted by atomic mass is 32.1. The molecular formula is C16H20N2O2S. The number of carbonyl (C=O) groups is 1. The fourth-order valence-electron chi connectivity index (χ4n) is 2.10. The van der Waals surface area contributed by atoms with Gasteiger partial charge in [-0.15, -0.1) is 11.3 Å². The number of hydrogen-bond donors (Lipinski definition) is 1. The Morgan fingerprint density at radius 3 is 2.48 bits per heavy atom. The molecule has 0 amide bonds. The molecule has 0 saturated heterocycles. The van der Waals surface area contributed by atoms with Crippen LogP contribution in [0, 0.1) is 0 Å². The number of aromatic nitrogens is 1. The van der Waals surface area contributed by atoms with Crippen LogP contribution in [0.3, 0.4) is 0 Å². The Hall–Kier alpha value is -1.88. The molecule has 0 unspecified atom stereocenters. The molecule has 112 valence electrons. The van der Waals surface area contributed by atoms with Crippen LogP contribution in [-0.4, -0.2) is 30.2 Å². The van der Waals surface area contributed by atoms with Crippen LogP contribution in [0.2, 0.25) is 0 Å². The van der Waals surface area contributed by atoms with Crippen LogP contribution in [0.15, 0.2) is 24.3 Å². The summed E-state index contributed by atoms with van der Waals surface area (Å²) in [4.78, 5) is 18.5. The molecule has 2 aromatic rings. The molecule has 1 aromatic heterocycles. The smallest absolute Gasteiger partial charge is 0.303 e. The van der Waals surface area contributed by atoms with E-state index in [-0.39, 0.29) is 6.42 Å². The van der Waals surface area contributed by atoms with Crippen molar-refractivity contribution in [1.82, 2.24) is 4.98 Å². The number of thiazole rings is 1. The van der Waals surface area contributed by atoms with Crippen molar-refractivity contribution in [3.63, 3.8) is 0 Å². The van der Waals surface area contributed by atoms with E-state index in [1.54, 1.807) is 11.3 Å². The van der Waals surface area contributed by atoms with Gasteiger partial charge in [-0.05, 0) is 37.1 Å². The van der Waals surface area contributed by atoms with Crippen LogP contribution in [0.5, 0.6) is 0 Å². The summed E-state index contributed by atoms with van der Waals surface area (Å²) in [7, 11) is 4.02. The largest absolute Gasteiger partial charge is 0.481 e. The average Bonchev–Trinajstić information content (AvgIpc) is 2.88. The van der Waals surface area contributed by atoms with Gasteiger partial charge in [0, 0.05) is 30.2 Å². The van der Waals surface area contributed by atoms with Crippen LogP contribution < -0.4 is 4.90 Å². The zero-order valence-electron chi connectivity index (χ0n) is 12.6. The minimum atomic E-state index is -0.762. The van der Waals surface area contributed by atoms with Gasteiger partial charge in [-0.2, -0.15) is 0 Å². The number of carboxylic acid groups (broad SMARTS) is 1. The van der Waals surface area contributed by atoms with Gasteiger partial charge in [-0.3, -0.25) is 4.79 Å². The molecule has 0 saturated carbocycles. The van der Waals surface area contributed by atoms with Gasteiger partial charge < -0.3 is 10.0 Å². The van der Waals surface area contributed by atoms with E-state index >= 15 is 0 Å². The zero-order valence-corrected chi connectivity index (χ0v) is 13.4. The molecule has 0 aliphatic carbocycles. The van der Waals surface area contributed by atoms with E-state index in [4.69, 9.17) is 5.11 Å². The number of aryl methyl sites for hydroxylation is 2. The second kappa shape index (κ2) is 6.72. The van der Waals surface area contributed by atoms with Crippen molar-refractivity contribution in [2.24, 2.45) is 0 Å². The SMILES string of the molecule is CCc1nc(-c2ccc(N(C)C)cc2)sc1CCC(=O)O. The van der Waals surface area contributed by atoms with Crippen LogP contribution in [0.4, 0.5) is 5.69 Å². The minimum Gasteiger partial charge on any atom is -0.481 e. The molecule has 0 radical (unpaired) electrons. The van der Waals surface area contributed by atoms with Crippen molar-refractivity contribution in [3.8, 4) is 10.6 Å². The molecule has 21 heavy (non-hydrogen) atoms. The van der Waals surface area contributed by atoms with Crippen molar-refractivity contribution >= 4 is 23.0 Å². The topological polar surface area (TPSA) is 53.4 Å². The molecule has 4 nitrogen and oxygen atoms in total. The molecule has 0 bridgehead atoms. The molecule has 1 N–H and O–H groups in total. The summed E-state index contributed by atoms with van der Waals surface area (Å²) >= 11 is 1.61. The first-order valence-electron chi connectivity index (χ1n) is 6.99. The molecule has 0 spiro atoms. The lowest BCUT2D eigenvalue weighted by Crippen LogP contribution is -2.07. The monoisotopic (exact) mass is 304 g/mol. The zero-order chi connectivity index (χ0) is 15.4. The summed E-state index contributed by atoms with van der Waals surface area (Å²) in [6.07, 6.45) is 1.56. The Balaban J connectivity index is 2.25. The number of nitrogens with zero attached hydrogens (tertiary/aromatic N) is 2. The highest BCUT2D eigenvalue weighted by Gasteiger charge is 2.12. The Labute approximate surface area is 129 Å². The van der Waals surface area contributed by atoms with E-state index in [2.05, 4.69) is 41.1 Å². The van der Waals surface area contributed by atoms with Crippen molar-refractivity contribution in [1.29, 1.82) is 0 Å². The van der Waals surface area contributed by atoms with Crippen molar-refractivity contribution in [2.75, 3.05) is 19.0 Å². The summed E-state index contributed by atoms with van der Waals surface area (Å²) in [5, 5.41) is 9.79. The maximum atomic E-state index is 10.7. The predicted octanol–water partition coefficient (Wildman–Crippen LogP) is 3.46. The second-order valence-corrected chi connectivity index (χ2v) is 6.16. The van der Waals surface area contributed by atoms with E-state index in [1.165, 1.54) is 0 Å². The maximum absolute atomic E-state index is 10.7. The van der Waals surface area contributed by atoms with Gasteiger partial charge in [0.15, 0.2) is 0 Å². The first-order chi connectivity index (χ1) is 10.0. The molecule has 0 fully saturated rings. The van der Waals surface area contributed by atoms with Crippen molar-refractivity contribution in [2.45, 2.75) is 26.2 Å². The fourth-order valence-corrected chi connectivity index (χ4v) is 3.26. The quantitative estimate of drug-likeness (QED) is 0.888. The highest BCUT2D eigenvalue weighted by molar-refractivity contribution is 7.15. The van der Waals surface area contributed by atoms with Crippen molar-refractivity contribution < 1.29 is 9.90 Å². The average molecular weight is 304 g/mol. The predicted molar refractivity (Wildman–Crippen MR) is 87.2 cm³/mol. The number of carboxylic acids is 1. The Morgan fingerprint density at radius 2 is 1.95 bits per heavy atom. The third-order valence-electron chi connectivity index (χ3n) is 3.31. The van der Waals surface area contributed by atoms with Crippen molar-refractivity contribution in [3.05, 3.63) is 34.8 Å². The molecule has 0 atom stereocenters. The van der Waals surface area contributed by atoms with Gasteiger partial charge in [0.25, 0.3) is 0 Å². The van der Waals surface area contributed by atoms with E-state index in [0.717, 1.165) is 33.3 Å². The number of hydrogen-bond acceptors (Lipinski definition) is 4.